The number of nitrogens with zero attached hydrogens (tertiary/aromatic N) is 1. The van der Waals surface area contributed by atoms with E-state index in [2.05, 4.69) is 5.32 Å². The molecule has 0 bridgehead atoms. The predicted octanol–water partition coefficient (Wildman–Crippen LogP) is 3.03. The normalized spacial score (nSPS) is 14.0. The summed E-state index contributed by atoms with van der Waals surface area (Å²) in [6.07, 6.45) is 0. The summed E-state index contributed by atoms with van der Waals surface area (Å²) >= 11 is 0. The second-order valence-electron chi connectivity index (χ2n) is 5.55. The fourth-order valence-electron chi connectivity index (χ4n) is 3.10. The van der Waals surface area contributed by atoms with E-state index in [1.165, 1.54) is 0 Å². The lowest BCUT2D eigenvalue weighted by atomic mass is 10.1. The van der Waals surface area contributed by atoms with Gasteiger partial charge in [0.05, 0.1) is 5.39 Å². The summed E-state index contributed by atoms with van der Waals surface area (Å²) < 4.78 is 7.95. The Kier molecular flexibility index (Phi) is 3.24. The highest BCUT2D eigenvalue weighted by Gasteiger charge is 2.21. The zero-order valence-corrected chi connectivity index (χ0v) is 12.2. The molecule has 1 aliphatic heterocycles. The van der Waals surface area contributed by atoms with Crippen LogP contribution in [0.2, 0.25) is 0 Å². The third-order valence-corrected chi connectivity index (χ3v) is 4.18. The smallest absolute Gasteiger partial charge is 0.203 e. The van der Waals surface area contributed by atoms with Crippen molar-refractivity contribution in [2.75, 3.05) is 6.54 Å². The zero-order chi connectivity index (χ0) is 14.9. The molecule has 4 heteroatoms. The van der Waals surface area contributed by atoms with Gasteiger partial charge in [-0.3, -0.25) is 0 Å². The molecule has 112 valence electrons. The number of aromatic hydroxyl groups is 1. The van der Waals surface area contributed by atoms with Gasteiger partial charge in [-0.2, -0.15) is 0 Å². The number of ether oxygens (including phenoxy) is 1. The number of nitrogens with one attached hydrogen (secondary N) is 1. The summed E-state index contributed by atoms with van der Waals surface area (Å²) in [5.41, 5.74) is 2.24. The second-order valence-corrected chi connectivity index (χ2v) is 5.55. The van der Waals surface area contributed by atoms with Gasteiger partial charge in [-0.15, -0.1) is 0 Å². The summed E-state index contributed by atoms with van der Waals surface area (Å²) in [6.45, 7) is 2.94. The van der Waals surface area contributed by atoms with E-state index in [0.717, 1.165) is 47.4 Å². The first-order valence-electron chi connectivity index (χ1n) is 7.55. The standard InChI is InChI=1S/C18H18N2O2/c21-18-17-14(15-11-19-9-10-20(15)18)7-4-8-16(17)22-12-13-5-2-1-3-6-13/h1-8,19,21H,9-12H2. The zero-order valence-electron chi connectivity index (χ0n) is 12.2. The molecule has 0 saturated carbocycles. The van der Waals surface area contributed by atoms with Gasteiger partial charge in [0.1, 0.15) is 12.4 Å². The molecule has 0 aliphatic carbocycles. The average Bonchev–Trinajstić information content (AvgIpc) is 2.88. The van der Waals surface area contributed by atoms with Crippen LogP contribution in [0.4, 0.5) is 0 Å². The Hall–Kier alpha value is -2.46. The van der Waals surface area contributed by atoms with Crippen molar-refractivity contribution in [3.8, 4) is 11.6 Å². The van der Waals surface area contributed by atoms with Gasteiger partial charge in [-0.05, 0) is 11.6 Å². The van der Waals surface area contributed by atoms with Gasteiger partial charge in [-0.1, -0.05) is 42.5 Å². The lowest BCUT2D eigenvalue weighted by molar-refractivity contribution is 0.308. The summed E-state index contributed by atoms with van der Waals surface area (Å²) in [5, 5.41) is 15.8. The second kappa shape index (κ2) is 5.39. The molecule has 0 unspecified atom stereocenters. The maximum atomic E-state index is 10.6. The van der Waals surface area contributed by atoms with Crippen molar-refractivity contribution in [2.24, 2.45) is 0 Å². The summed E-state index contributed by atoms with van der Waals surface area (Å²) in [5.74, 6) is 1.05. The Labute approximate surface area is 129 Å². The minimum absolute atomic E-state index is 0.315. The molecule has 22 heavy (non-hydrogen) atoms. The minimum atomic E-state index is 0.315. The molecule has 1 aliphatic rings. The van der Waals surface area contributed by atoms with Crippen LogP contribution in [0.25, 0.3) is 10.8 Å². The van der Waals surface area contributed by atoms with Gasteiger partial charge in [-0.25, -0.2) is 0 Å². The first-order chi connectivity index (χ1) is 10.8. The van der Waals surface area contributed by atoms with Crippen LogP contribution in [0.15, 0.2) is 48.5 Å². The highest BCUT2D eigenvalue weighted by molar-refractivity contribution is 5.96. The van der Waals surface area contributed by atoms with Crippen LogP contribution in [-0.4, -0.2) is 16.2 Å². The van der Waals surface area contributed by atoms with Crippen LogP contribution in [0.1, 0.15) is 11.3 Å². The van der Waals surface area contributed by atoms with E-state index in [1.54, 1.807) is 0 Å². The monoisotopic (exact) mass is 294 g/mol. The molecule has 0 fully saturated rings. The molecular weight excluding hydrogens is 276 g/mol. The lowest BCUT2D eigenvalue weighted by Gasteiger charge is -2.16. The van der Waals surface area contributed by atoms with Crippen molar-refractivity contribution >= 4 is 10.8 Å². The van der Waals surface area contributed by atoms with Crippen molar-refractivity contribution in [1.82, 2.24) is 9.88 Å². The van der Waals surface area contributed by atoms with Crippen LogP contribution in [0.3, 0.4) is 0 Å². The third kappa shape index (κ3) is 2.12. The summed E-state index contributed by atoms with van der Waals surface area (Å²) in [7, 11) is 0. The first-order valence-corrected chi connectivity index (χ1v) is 7.55. The van der Waals surface area contributed by atoms with Gasteiger partial charge < -0.3 is 19.7 Å². The number of hydrogen-bond donors (Lipinski definition) is 2. The van der Waals surface area contributed by atoms with Crippen LogP contribution < -0.4 is 10.1 Å². The molecule has 2 aromatic carbocycles. The van der Waals surface area contributed by atoms with E-state index in [-0.39, 0.29) is 0 Å². The van der Waals surface area contributed by atoms with E-state index in [4.69, 9.17) is 4.74 Å². The number of rotatable bonds is 3. The van der Waals surface area contributed by atoms with Crippen LogP contribution in [0.5, 0.6) is 11.6 Å². The van der Waals surface area contributed by atoms with E-state index in [1.807, 2.05) is 53.1 Å². The van der Waals surface area contributed by atoms with Gasteiger partial charge in [0.25, 0.3) is 0 Å². The Morgan fingerprint density at radius 1 is 1.09 bits per heavy atom. The molecule has 0 amide bonds. The predicted molar refractivity (Wildman–Crippen MR) is 86.1 cm³/mol. The maximum Gasteiger partial charge on any atom is 0.203 e. The SMILES string of the molecule is Oc1c2c(OCc3ccccc3)cccc2c2n1CCNC2. The summed E-state index contributed by atoms with van der Waals surface area (Å²) in [4.78, 5) is 0. The molecule has 0 radical (unpaired) electrons. The van der Waals surface area contributed by atoms with Crippen LogP contribution in [-0.2, 0) is 19.7 Å². The highest BCUT2D eigenvalue weighted by Crippen LogP contribution is 2.39. The molecule has 3 aromatic rings. The first kappa shape index (κ1) is 13.2. The van der Waals surface area contributed by atoms with E-state index >= 15 is 0 Å². The highest BCUT2D eigenvalue weighted by atomic mass is 16.5. The topological polar surface area (TPSA) is 46.4 Å². The fourth-order valence-corrected chi connectivity index (χ4v) is 3.10. The number of benzene rings is 2. The quantitative estimate of drug-likeness (QED) is 0.780. The Bertz CT molecular complexity index is 809. The van der Waals surface area contributed by atoms with Crippen LogP contribution in [0, 0.1) is 0 Å². The molecular formula is C18H18N2O2. The molecule has 0 saturated heterocycles. The van der Waals surface area contributed by atoms with Gasteiger partial charge in [0, 0.05) is 30.7 Å². The van der Waals surface area contributed by atoms with Crippen molar-refractivity contribution in [3.63, 3.8) is 0 Å². The van der Waals surface area contributed by atoms with Gasteiger partial charge in [0.15, 0.2) is 0 Å². The Morgan fingerprint density at radius 3 is 2.82 bits per heavy atom. The third-order valence-electron chi connectivity index (χ3n) is 4.18. The van der Waals surface area contributed by atoms with E-state index < -0.39 is 0 Å². The van der Waals surface area contributed by atoms with Crippen molar-refractivity contribution in [3.05, 3.63) is 59.8 Å². The maximum absolute atomic E-state index is 10.6. The summed E-state index contributed by atoms with van der Waals surface area (Å²) in [6, 6.07) is 16.0. The van der Waals surface area contributed by atoms with Crippen LogP contribution >= 0.6 is 0 Å². The molecule has 0 spiro atoms. The molecule has 0 atom stereocenters. The molecule has 2 N–H and O–H groups in total. The Morgan fingerprint density at radius 2 is 1.95 bits per heavy atom. The number of hydrogen-bond acceptors (Lipinski definition) is 3. The minimum Gasteiger partial charge on any atom is -0.494 e. The molecule has 1 aromatic heterocycles. The number of aromatic nitrogens is 1. The van der Waals surface area contributed by atoms with E-state index in [0.29, 0.717) is 12.5 Å². The number of fused-ring (bicyclic) bond motifs is 3. The average molecular weight is 294 g/mol. The van der Waals surface area contributed by atoms with Gasteiger partial charge >= 0.3 is 0 Å². The Balaban J connectivity index is 1.73. The van der Waals surface area contributed by atoms with E-state index in [9.17, 15) is 5.11 Å². The molecule has 4 rings (SSSR count). The van der Waals surface area contributed by atoms with Crippen molar-refractivity contribution in [1.29, 1.82) is 0 Å². The van der Waals surface area contributed by atoms with Gasteiger partial charge in [0.2, 0.25) is 5.88 Å². The molecule has 4 nitrogen and oxygen atoms in total. The lowest BCUT2D eigenvalue weighted by Crippen LogP contribution is -2.27. The van der Waals surface area contributed by atoms with Crippen molar-refractivity contribution in [2.45, 2.75) is 19.7 Å². The largest absolute Gasteiger partial charge is 0.494 e. The fraction of sp³-hybridized carbons (Fsp3) is 0.222. The van der Waals surface area contributed by atoms with Crippen molar-refractivity contribution < 1.29 is 9.84 Å². The molecule has 2 heterocycles.